The minimum Gasteiger partial charge on any atom is -0.508 e. The van der Waals surface area contributed by atoms with Crippen LogP contribution in [0.25, 0.3) is 0 Å². The SMILES string of the molecule is C=CCOCc1c(O)c2cc(c1O)[C@H](CC(C)C)c1cc(c(O)c(COCC=C)c1O)[C@H](CC(C)C)c1cc(c(O)cc1O)[C@H](CC(C)C)c1cc(c(O)c(COCC=C)c1O)[C@@H]2CC(C)C. The van der Waals surface area contributed by atoms with Crippen molar-refractivity contribution in [2.75, 3.05) is 19.8 Å². The van der Waals surface area contributed by atoms with Crippen molar-refractivity contribution in [2.24, 2.45) is 23.7 Å². The Labute approximate surface area is 397 Å². The van der Waals surface area contributed by atoms with E-state index in [4.69, 9.17) is 14.2 Å². The third-order valence-electron chi connectivity index (χ3n) is 12.7. The van der Waals surface area contributed by atoms with Crippen LogP contribution < -0.4 is 0 Å². The summed E-state index contributed by atoms with van der Waals surface area (Å²) in [6.45, 7) is 27.3. The molecule has 8 N–H and O–H groups in total. The molecule has 4 atom stereocenters. The number of hydrogen-bond acceptors (Lipinski definition) is 11. The first kappa shape index (κ1) is 52.4. The molecule has 0 aromatic heterocycles. The van der Waals surface area contributed by atoms with E-state index in [0.717, 1.165) is 0 Å². The maximum Gasteiger partial charge on any atom is 0.128 e. The van der Waals surface area contributed by atoms with Crippen molar-refractivity contribution >= 4 is 0 Å². The van der Waals surface area contributed by atoms with Crippen molar-refractivity contribution in [1.82, 2.24) is 0 Å². The van der Waals surface area contributed by atoms with Gasteiger partial charge in [-0.3, -0.25) is 0 Å². The maximum atomic E-state index is 12.5. The van der Waals surface area contributed by atoms with Crippen molar-refractivity contribution in [3.05, 3.63) is 129 Å². The largest absolute Gasteiger partial charge is 0.508 e. The van der Waals surface area contributed by atoms with Crippen molar-refractivity contribution in [1.29, 1.82) is 0 Å². The summed E-state index contributed by atoms with van der Waals surface area (Å²) in [5.41, 5.74) is 3.35. The summed E-state index contributed by atoms with van der Waals surface area (Å²) in [5.74, 6) is -4.90. The molecule has 0 spiro atoms. The molecule has 0 aliphatic heterocycles. The average molecular weight is 923 g/mol. The lowest BCUT2D eigenvalue weighted by atomic mass is 9.73. The van der Waals surface area contributed by atoms with E-state index in [-0.39, 0.29) is 126 Å². The first-order chi connectivity index (χ1) is 31.8. The fourth-order valence-corrected chi connectivity index (χ4v) is 9.77. The highest BCUT2D eigenvalue weighted by Gasteiger charge is 2.37. The molecular weight excluding hydrogens is 849 g/mol. The lowest BCUT2D eigenvalue weighted by molar-refractivity contribution is 0.144. The van der Waals surface area contributed by atoms with Gasteiger partial charge in [-0.15, -0.1) is 19.7 Å². The Bertz CT molecular complexity index is 2240. The van der Waals surface area contributed by atoms with Crippen LogP contribution in [0.15, 0.2) is 68.3 Å². The van der Waals surface area contributed by atoms with Gasteiger partial charge >= 0.3 is 0 Å². The van der Waals surface area contributed by atoms with E-state index in [9.17, 15) is 40.9 Å². The molecule has 1 aliphatic carbocycles. The lowest BCUT2D eigenvalue weighted by Gasteiger charge is -2.32. The first-order valence-corrected chi connectivity index (χ1v) is 23.6. The van der Waals surface area contributed by atoms with Crippen molar-refractivity contribution in [3.8, 4) is 46.0 Å². The Morgan fingerprint density at radius 3 is 0.791 bits per heavy atom. The molecular formula is C56H74O11. The molecule has 0 amide bonds. The molecule has 0 heterocycles. The highest BCUT2D eigenvalue weighted by atomic mass is 16.5. The number of ether oxygens (including phenoxy) is 3. The summed E-state index contributed by atoms with van der Waals surface area (Å²) >= 11 is 0. The fourth-order valence-electron chi connectivity index (χ4n) is 9.77. The van der Waals surface area contributed by atoms with E-state index >= 15 is 0 Å². The summed E-state index contributed by atoms with van der Waals surface area (Å²) in [6, 6.07) is 8.26. The fraction of sp³-hybridized carbons (Fsp3) is 0.464. The zero-order valence-corrected chi connectivity index (χ0v) is 40.7. The lowest BCUT2D eigenvalue weighted by Crippen LogP contribution is -2.16. The van der Waals surface area contributed by atoms with Crippen LogP contribution in [0.3, 0.4) is 0 Å². The van der Waals surface area contributed by atoms with E-state index in [1.165, 1.54) is 6.07 Å². The Morgan fingerprint density at radius 2 is 0.582 bits per heavy atom. The number of phenolic OH excluding ortho intramolecular Hbond substituents is 8. The zero-order chi connectivity index (χ0) is 49.4. The van der Waals surface area contributed by atoms with Crippen LogP contribution >= 0.6 is 0 Å². The zero-order valence-electron chi connectivity index (χ0n) is 40.7. The van der Waals surface area contributed by atoms with Gasteiger partial charge in [0, 0.05) is 74.2 Å². The van der Waals surface area contributed by atoms with Crippen LogP contribution in [0.5, 0.6) is 46.0 Å². The van der Waals surface area contributed by atoms with E-state index in [0.29, 0.717) is 70.2 Å². The number of phenols is 8. The monoisotopic (exact) mass is 923 g/mol. The third-order valence-corrected chi connectivity index (χ3v) is 12.7. The third kappa shape index (κ3) is 11.6. The highest BCUT2D eigenvalue weighted by Crippen LogP contribution is 2.55. The van der Waals surface area contributed by atoms with Gasteiger partial charge in [0.05, 0.1) is 56.3 Å². The van der Waals surface area contributed by atoms with Gasteiger partial charge in [0.25, 0.3) is 0 Å². The standard InChI is InChI=1S/C56H74O11/c1-12-15-65-27-46-51(59)40-23-42(53(46)61)36(20-32(8)9)44-25-45(56(64)48(55(44)63)29-67-17-14-3)37(21-33(10)11)43-24-41(52(60)47(54(43)62)28-66-16-13-2)35(19-31(6)7)39-22-38(34(40)18-30(4)5)49(57)26-50(39)58/h12-14,22-26,30-37,57-64H,1-3,15-21,27-29H2,4-11H3/t34-,35+,36-,37+. The molecule has 0 saturated heterocycles. The molecule has 0 saturated carbocycles. The van der Waals surface area contributed by atoms with Gasteiger partial charge in [-0.1, -0.05) is 73.6 Å². The molecule has 8 bridgehead atoms. The first-order valence-electron chi connectivity index (χ1n) is 23.6. The molecule has 67 heavy (non-hydrogen) atoms. The van der Waals surface area contributed by atoms with Crippen LogP contribution in [0, 0.1) is 23.7 Å². The predicted molar refractivity (Wildman–Crippen MR) is 264 cm³/mol. The maximum absolute atomic E-state index is 12.5. The molecule has 0 radical (unpaired) electrons. The van der Waals surface area contributed by atoms with Gasteiger partial charge in [-0.25, -0.2) is 0 Å². The van der Waals surface area contributed by atoms with Crippen LogP contribution in [-0.4, -0.2) is 60.7 Å². The quantitative estimate of drug-likeness (QED) is 0.0311. The van der Waals surface area contributed by atoms with Crippen molar-refractivity contribution in [3.63, 3.8) is 0 Å². The predicted octanol–water partition coefficient (Wildman–Crippen LogP) is 12.5. The van der Waals surface area contributed by atoms with Crippen molar-refractivity contribution in [2.45, 2.75) is 125 Å². The number of fused-ring (bicyclic) bond motifs is 8. The topological polar surface area (TPSA) is 190 Å². The number of benzene rings is 4. The van der Waals surface area contributed by atoms with Gasteiger partial charge in [0.1, 0.15) is 46.0 Å². The van der Waals surface area contributed by atoms with Crippen LogP contribution in [-0.2, 0) is 34.0 Å². The van der Waals surface area contributed by atoms with Crippen LogP contribution in [0.2, 0.25) is 0 Å². The summed E-state index contributed by atoms with van der Waals surface area (Å²) in [4.78, 5) is 0. The number of hydrogen-bond donors (Lipinski definition) is 8. The molecule has 4 aromatic rings. The van der Waals surface area contributed by atoms with Gasteiger partial charge < -0.3 is 55.1 Å². The molecule has 11 heteroatoms. The molecule has 4 aromatic carbocycles. The average Bonchev–Trinajstić information content (AvgIpc) is 3.24. The van der Waals surface area contributed by atoms with Gasteiger partial charge in [-0.2, -0.15) is 0 Å². The number of rotatable bonds is 20. The van der Waals surface area contributed by atoms with E-state index in [1.807, 2.05) is 55.4 Å². The Morgan fingerprint density at radius 1 is 0.373 bits per heavy atom. The minimum atomic E-state index is -0.770. The molecule has 11 nitrogen and oxygen atoms in total. The molecule has 1 aliphatic rings. The second-order valence-electron chi connectivity index (χ2n) is 19.8. The molecule has 364 valence electrons. The van der Waals surface area contributed by atoms with Crippen molar-refractivity contribution < 1.29 is 55.1 Å². The summed E-state index contributed by atoms with van der Waals surface area (Å²) < 4.78 is 17.8. The molecule has 5 rings (SSSR count). The van der Waals surface area contributed by atoms with E-state index < -0.39 is 23.7 Å². The van der Waals surface area contributed by atoms with Gasteiger partial charge in [0.15, 0.2) is 0 Å². The second kappa shape index (κ2) is 22.9. The van der Waals surface area contributed by atoms with E-state index in [1.54, 1.807) is 42.5 Å². The summed E-state index contributed by atoms with van der Waals surface area (Å²) in [6.07, 6.45) is 6.27. The summed E-state index contributed by atoms with van der Waals surface area (Å²) in [7, 11) is 0. The Balaban J connectivity index is 2.13. The molecule has 0 unspecified atom stereocenters. The highest BCUT2D eigenvalue weighted by molar-refractivity contribution is 5.66. The van der Waals surface area contributed by atoms with Gasteiger partial charge in [-0.05, 0) is 73.6 Å². The minimum absolute atomic E-state index is 0.00355. The second-order valence-corrected chi connectivity index (χ2v) is 19.8. The Hall–Kier alpha value is -5.62. The smallest absolute Gasteiger partial charge is 0.128 e. The normalized spacial score (nSPS) is 17.1. The van der Waals surface area contributed by atoms with Gasteiger partial charge in [0.2, 0.25) is 0 Å². The Kier molecular flexibility index (Phi) is 17.9. The summed E-state index contributed by atoms with van der Waals surface area (Å²) in [5, 5.41) is 98.8. The molecule has 0 fully saturated rings. The van der Waals surface area contributed by atoms with Crippen LogP contribution in [0.1, 0.15) is 166 Å². The van der Waals surface area contributed by atoms with E-state index in [2.05, 4.69) is 19.7 Å². The van der Waals surface area contributed by atoms with Crippen LogP contribution in [0.4, 0.5) is 0 Å². The number of aromatic hydroxyl groups is 8.